The van der Waals surface area contributed by atoms with Crippen molar-refractivity contribution in [2.24, 2.45) is 5.73 Å². The molecule has 0 bridgehead atoms. The van der Waals surface area contributed by atoms with Crippen molar-refractivity contribution in [2.45, 2.75) is 26.8 Å². The zero-order valence-corrected chi connectivity index (χ0v) is 12.2. The summed E-state index contributed by atoms with van der Waals surface area (Å²) in [5, 5.41) is 2.96. The van der Waals surface area contributed by atoms with E-state index < -0.39 is 6.04 Å². The molecule has 1 atom stereocenters. The summed E-state index contributed by atoms with van der Waals surface area (Å²) in [4.78, 5) is 22.2. The normalized spacial score (nSPS) is 11.7. The lowest BCUT2D eigenvalue weighted by atomic mass is 10.3. The van der Waals surface area contributed by atoms with Crippen LogP contribution in [-0.2, 0) is 4.79 Å². The molecule has 6 nitrogen and oxygen atoms in total. The predicted molar refractivity (Wildman–Crippen MR) is 78.9 cm³/mol. The number of thiocarbonyl (C=S) groups is 1. The van der Waals surface area contributed by atoms with Gasteiger partial charge in [0.1, 0.15) is 16.7 Å². The molecule has 104 valence electrons. The Morgan fingerprint density at radius 2 is 2.16 bits per heavy atom. The van der Waals surface area contributed by atoms with Crippen LogP contribution >= 0.6 is 12.2 Å². The van der Waals surface area contributed by atoms with Crippen LogP contribution < -0.4 is 11.1 Å². The number of likely N-dealkylation sites (N-methyl/N-ethyl adjacent to an activating group) is 1. The molecule has 0 spiro atoms. The minimum atomic E-state index is -0.401. The number of anilines is 1. The zero-order valence-electron chi connectivity index (χ0n) is 11.4. The van der Waals surface area contributed by atoms with E-state index in [0.29, 0.717) is 24.7 Å². The quantitative estimate of drug-likeness (QED) is 0.750. The highest BCUT2D eigenvalue weighted by molar-refractivity contribution is 7.80. The molecule has 1 amide bonds. The van der Waals surface area contributed by atoms with E-state index >= 15 is 0 Å². The van der Waals surface area contributed by atoms with Crippen molar-refractivity contribution in [3.05, 3.63) is 18.0 Å². The number of nitrogens with zero attached hydrogens (tertiary/aromatic N) is 3. The van der Waals surface area contributed by atoms with E-state index in [4.69, 9.17) is 18.0 Å². The third-order valence-electron chi connectivity index (χ3n) is 2.70. The monoisotopic (exact) mass is 281 g/mol. The van der Waals surface area contributed by atoms with Gasteiger partial charge in [0, 0.05) is 19.3 Å². The lowest BCUT2D eigenvalue weighted by molar-refractivity contribution is -0.131. The van der Waals surface area contributed by atoms with Crippen LogP contribution in [0.1, 0.15) is 26.5 Å². The maximum atomic E-state index is 12.1. The van der Waals surface area contributed by atoms with Gasteiger partial charge in [-0.05, 0) is 26.8 Å². The minimum absolute atomic E-state index is 0.00864. The maximum Gasteiger partial charge on any atom is 0.244 e. The fourth-order valence-electron chi connectivity index (χ4n) is 1.63. The average molecular weight is 281 g/mol. The van der Waals surface area contributed by atoms with Gasteiger partial charge in [0.05, 0.1) is 0 Å². The SMILES string of the molecule is CCN(CC)C(=O)C(C)Nc1nccc(C(N)=S)n1. The topological polar surface area (TPSA) is 84.1 Å². The van der Waals surface area contributed by atoms with Crippen LogP contribution in [0.15, 0.2) is 12.3 Å². The third kappa shape index (κ3) is 4.13. The fraction of sp³-hybridized carbons (Fsp3) is 0.500. The molecule has 19 heavy (non-hydrogen) atoms. The minimum Gasteiger partial charge on any atom is -0.388 e. The smallest absolute Gasteiger partial charge is 0.244 e. The molecule has 0 saturated carbocycles. The Kier molecular flexibility index (Phi) is 5.62. The second kappa shape index (κ2) is 6.98. The van der Waals surface area contributed by atoms with Crippen LogP contribution in [0, 0.1) is 0 Å². The molecule has 1 heterocycles. The first kappa shape index (κ1) is 15.3. The fourth-order valence-corrected chi connectivity index (χ4v) is 1.74. The summed E-state index contributed by atoms with van der Waals surface area (Å²) < 4.78 is 0. The number of carbonyl (C=O) groups is 1. The Labute approximate surface area is 118 Å². The van der Waals surface area contributed by atoms with Crippen molar-refractivity contribution in [3.8, 4) is 0 Å². The molecule has 0 aliphatic carbocycles. The number of amides is 1. The summed E-state index contributed by atoms with van der Waals surface area (Å²) in [7, 11) is 0. The molecule has 0 aliphatic rings. The highest BCUT2D eigenvalue weighted by Gasteiger charge is 2.18. The van der Waals surface area contributed by atoms with Gasteiger partial charge in [0.2, 0.25) is 11.9 Å². The summed E-state index contributed by atoms with van der Waals surface area (Å²) in [5.74, 6) is 0.354. The standard InChI is InChI=1S/C12H19N5OS/c1-4-17(5-2)11(18)8(3)15-12-14-7-6-9(16-12)10(13)19/h6-8H,4-5H2,1-3H3,(H2,13,19)(H,14,15,16). The van der Waals surface area contributed by atoms with Gasteiger partial charge in [-0.25, -0.2) is 9.97 Å². The number of hydrogen-bond donors (Lipinski definition) is 2. The van der Waals surface area contributed by atoms with Crippen molar-refractivity contribution in [1.29, 1.82) is 0 Å². The second-order valence-corrected chi connectivity index (χ2v) is 4.45. The summed E-state index contributed by atoms with van der Waals surface area (Å²) >= 11 is 4.85. The van der Waals surface area contributed by atoms with Crippen LogP contribution in [0.4, 0.5) is 5.95 Å². The first-order valence-corrected chi connectivity index (χ1v) is 6.58. The molecule has 7 heteroatoms. The van der Waals surface area contributed by atoms with Gasteiger partial charge in [0.15, 0.2) is 0 Å². The highest BCUT2D eigenvalue weighted by Crippen LogP contribution is 2.04. The molecule has 1 aromatic rings. The second-order valence-electron chi connectivity index (χ2n) is 4.01. The molecule has 0 saturated heterocycles. The van der Waals surface area contributed by atoms with Gasteiger partial charge < -0.3 is 16.0 Å². The van der Waals surface area contributed by atoms with E-state index in [9.17, 15) is 4.79 Å². The van der Waals surface area contributed by atoms with E-state index in [2.05, 4.69) is 15.3 Å². The first-order valence-electron chi connectivity index (χ1n) is 6.17. The van der Waals surface area contributed by atoms with Crippen LogP contribution in [0.3, 0.4) is 0 Å². The van der Waals surface area contributed by atoms with E-state index in [1.54, 1.807) is 24.1 Å². The van der Waals surface area contributed by atoms with Crippen LogP contribution in [0.2, 0.25) is 0 Å². The van der Waals surface area contributed by atoms with Gasteiger partial charge in [-0.3, -0.25) is 4.79 Å². The molecular formula is C12H19N5OS. The van der Waals surface area contributed by atoms with Crippen molar-refractivity contribution >= 4 is 29.1 Å². The van der Waals surface area contributed by atoms with E-state index in [1.165, 1.54) is 0 Å². The number of aromatic nitrogens is 2. The summed E-state index contributed by atoms with van der Waals surface area (Å²) in [6, 6.07) is 1.23. The third-order valence-corrected chi connectivity index (χ3v) is 2.91. The molecule has 0 aliphatic heterocycles. The van der Waals surface area contributed by atoms with Gasteiger partial charge in [-0.2, -0.15) is 0 Å². The van der Waals surface area contributed by atoms with Crippen LogP contribution in [0.25, 0.3) is 0 Å². The molecule has 0 aromatic carbocycles. The number of nitrogens with two attached hydrogens (primary N) is 1. The van der Waals surface area contributed by atoms with Crippen molar-refractivity contribution in [1.82, 2.24) is 14.9 Å². The van der Waals surface area contributed by atoms with Crippen LogP contribution in [0.5, 0.6) is 0 Å². The molecule has 1 rings (SSSR count). The average Bonchev–Trinajstić information content (AvgIpc) is 2.40. The Balaban J connectivity index is 2.76. The number of rotatable bonds is 6. The lowest BCUT2D eigenvalue weighted by Gasteiger charge is -2.23. The van der Waals surface area contributed by atoms with E-state index in [0.717, 1.165) is 0 Å². The van der Waals surface area contributed by atoms with E-state index in [1.807, 2.05) is 13.8 Å². The summed E-state index contributed by atoms with van der Waals surface area (Å²) in [6.45, 7) is 7.01. The largest absolute Gasteiger partial charge is 0.388 e. The number of carbonyl (C=O) groups excluding carboxylic acids is 1. The van der Waals surface area contributed by atoms with Gasteiger partial charge in [-0.1, -0.05) is 12.2 Å². The molecule has 3 N–H and O–H groups in total. The van der Waals surface area contributed by atoms with E-state index in [-0.39, 0.29) is 10.9 Å². The molecule has 1 unspecified atom stereocenters. The maximum absolute atomic E-state index is 12.1. The van der Waals surface area contributed by atoms with Gasteiger partial charge in [-0.15, -0.1) is 0 Å². The predicted octanol–water partition coefficient (Wildman–Crippen LogP) is 0.780. The number of nitrogens with one attached hydrogen (secondary N) is 1. The molecular weight excluding hydrogens is 262 g/mol. The molecule has 0 fully saturated rings. The van der Waals surface area contributed by atoms with Crippen molar-refractivity contribution in [3.63, 3.8) is 0 Å². The first-order chi connectivity index (χ1) is 8.99. The summed E-state index contributed by atoms with van der Waals surface area (Å²) in [5.41, 5.74) is 5.98. The Bertz CT molecular complexity index is 461. The Morgan fingerprint density at radius 1 is 1.53 bits per heavy atom. The highest BCUT2D eigenvalue weighted by atomic mass is 32.1. The van der Waals surface area contributed by atoms with Crippen LogP contribution in [-0.4, -0.2) is 44.9 Å². The van der Waals surface area contributed by atoms with Crippen molar-refractivity contribution in [2.75, 3.05) is 18.4 Å². The Hall–Kier alpha value is -1.76. The summed E-state index contributed by atoms with van der Waals surface area (Å²) in [6.07, 6.45) is 1.55. The van der Waals surface area contributed by atoms with Gasteiger partial charge in [0.25, 0.3) is 0 Å². The Morgan fingerprint density at radius 3 is 2.68 bits per heavy atom. The lowest BCUT2D eigenvalue weighted by Crippen LogP contribution is -2.41. The zero-order chi connectivity index (χ0) is 14.4. The molecule has 0 radical (unpaired) electrons. The van der Waals surface area contributed by atoms with Crippen molar-refractivity contribution < 1.29 is 4.79 Å². The number of hydrogen-bond acceptors (Lipinski definition) is 5. The van der Waals surface area contributed by atoms with Gasteiger partial charge >= 0.3 is 0 Å². The molecule has 1 aromatic heterocycles.